The van der Waals surface area contributed by atoms with E-state index in [9.17, 15) is 14.4 Å². The van der Waals surface area contributed by atoms with Gasteiger partial charge >= 0.3 is 5.97 Å². The molecular formula is C18H22N2O4. The van der Waals surface area contributed by atoms with E-state index in [1.54, 1.807) is 13.8 Å². The van der Waals surface area contributed by atoms with Crippen molar-refractivity contribution in [3.05, 3.63) is 35.4 Å². The zero-order chi connectivity index (χ0) is 17.6. The minimum Gasteiger partial charge on any atom is -0.468 e. The largest absolute Gasteiger partial charge is 0.468 e. The Kier molecular flexibility index (Phi) is 3.95. The summed E-state index contributed by atoms with van der Waals surface area (Å²) in [6.45, 7) is 5.68. The molecule has 1 N–H and O–H groups in total. The number of imide groups is 1. The molecular weight excluding hydrogens is 308 g/mol. The number of nitrogens with zero attached hydrogens (tertiary/aromatic N) is 1. The lowest BCUT2D eigenvalue weighted by Crippen LogP contribution is -2.53. The molecule has 6 heteroatoms. The highest BCUT2D eigenvalue weighted by Gasteiger charge is 2.66. The van der Waals surface area contributed by atoms with E-state index < -0.39 is 29.4 Å². The smallest absolute Gasteiger partial charge is 0.326 e. The third-order valence-electron chi connectivity index (χ3n) is 5.33. The average Bonchev–Trinajstić information content (AvgIpc) is 3.02. The minimum atomic E-state index is -1.22. The maximum atomic E-state index is 12.8. The van der Waals surface area contributed by atoms with Gasteiger partial charge in [0.15, 0.2) is 0 Å². The molecule has 2 heterocycles. The third kappa shape index (κ3) is 2.09. The van der Waals surface area contributed by atoms with Crippen molar-refractivity contribution in [3.8, 4) is 0 Å². The number of amides is 2. The molecule has 4 atom stereocenters. The molecule has 0 aliphatic carbocycles. The van der Waals surface area contributed by atoms with Gasteiger partial charge in [-0.1, -0.05) is 24.3 Å². The molecule has 0 aromatic heterocycles. The molecule has 6 nitrogen and oxygen atoms in total. The Balaban J connectivity index is 2.13. The predicted octanol–water partition coefficient (Wildman–Crippen LogP) is 1.19. The number of rotatable bonds is 3. The second-order valence-electron chi connectivity index (χ2n) is 6.60. The van der Waals surface area contributed by atoms with Gasteiger partial charge in [-0.15, -0.1) is 0 Å². The zero-order valence-corrected chi connectivity index (χ0v) is 14.3. The number of esters is 1. The van der Waals surface area contributed by atoms with Crippen molar-refractivity contribution in [3.63, 3.8) is 0 Å². The van der Waals surface area contributed by atoms with E-state index in [0.717, 1.165) is 11.1 Å². The molecule has 128 valence electrons. The highest BCUT2D eigenvalue weighted by atomic mass is 16.5. The van der Waals surface area contributed by atoms with Crippen LogP contribution in [-0.2, 0) is 19.1 Å². The van der Waals surface area contributed by atoms with Gasteiger partial charge in [0.2, 0.25) is 11.8 Å². The van der Waals surface area contributed by atoms with Crippen LogP contribution in [0.3, 0.4) is 0 Å². The maximum Gasteiger partial charge on any atom is 0.326 e. The number of ether oxygens (including phenoxy) is 1. The van der Waals surface area contributed by atoms with Gasteiger partial charge in [-0.3, -0.25) is 24.6 Å². The molecule has 0 radical (unpaired) electrons. The van der Waals surface area contributed by atoms with Crippen LogP contribution in [0.2, 0.25) is 0 Å². The van der Waals surface area contributed by atoms with Crippen molar-refractivity contribution >= 4 is 17.8 Å². The van der Waals surface area contributed by atoms with Crippen LogP contribution >= 0.6 is 0 Å². The van der Waals surface area contributed by atoms with Crippen molar-refractivity contribution in [2.24, 2.45) is 11.8 Å². The van der Waals surface area contributed by atoms with Gasteiger partial charge in [-0.05, 0) is 31.9 Å². The van der Waals surface area contributed by atoms with E-state index in [1.807, 2.05) is 31.2 Å². The summed E-state index contributed by atoms with van der Waals surface area (Å²) in [5.41, 5.74) is 0.723. The lowest BCUT2D eigenvalue weighted by molar-refractivity contribution is -0.153. The molecule has 24 heavy (non-hydrogen) atoms. The molecule has 0 bridgehead atoms. The summed E-state index contributed by atoms with van der Waals surface area (Å²) < 4.78 is 4.93. The van der Waals surface area contributed by atoms with E-state index in [-0.39, 0.29) is 11.8 Å². The van der Waals surface area contributed by atoms with E-state index in [2.05, 4.69) is 5.32 Å². The predicted molar refractivity (Wildman–Crippen MR) is 86.9 cm³/mol. The standard InChI is InChI=1S/C18H22N2O4/c1-5-20-15(21)12-13(16(20)22)18(3,17(23)24-4)19-14(12)11-9-7-6-8-10(11)2/h6-9,12-14,19H,5H2,1-4H3/t12-,13-,14-,18-/m0/s1. The number of hydrogen-bond acceptors (Lipinski definition) is 5. The van der Waals surface area contributed by atoms with Crippen LogP contribution in [0.4, 0.5) is 0 Å². The highest BCUT2D eigenvalue weighted by molar-refractivity contribution is 6.09. The molecule has 2 fully saturated rings. The Hall–Kier alpha value is -2.21. The summed E-state index contributed by atoms with van der Waals surface area (Å²) in [6.07, 6.45) is 0. The second kappa shape index (κ2) is 5.70. The summed E-state index contributed by atoms with van der Waals surface area (Å²) in [7, 11) is 1.30. The normalized spacial score (nSPS) is 32.2. The number of aryl methyl sites for hydroxylation is 1. The van der Waals surface area contributed by atoms with E-state index in [0.29, 0.717) is 6.54 Å². The van der Waals surface area contributed by atoms with Gasteiger partial charge in [-0.25, -0.2) is 0 Å². The Labute approximate surface area is 141 Å². The van der Waals surface area contributed by atoms with Crippen molar-refractivity contribution in [1.29, 1.82) is 0 Å². The Bertz CT molecular complexity index is 717. The Morgan fingerprint density at radius 3 is 2.54 bits per heavy atom. The summed E-state index contributed by atoms with van der Waals surface area (Å²) in [5.74, 6) is -2.39. The number of nitrogens with one attached hydrogen (secondary N) is 1. The van der Waals surface area contributed by atoms with Gasteiger partial charge in [0.25, 0.3) is 0 Å². The van der Waals surface area contributed by atoms with Crippen molar-refractivity contribution in [2.75, 3.05) is 13.7 Å². The van der Waals surface area contributed by atoms with Crippen LogP contribution < -0.4 is 5.32 Å². The fourth-order valence-electron chi connectivity index (χ4n) is 4.11. The summed E-state index contributed by atoms with van der Waals surface area (Å²) in [4.78, 5) is 39.3. The van der Waals surface area contributed by atoms with Gasteiger partial charge in [0.05, 0.1) is 18.9 Å². The number of likely N-dealkylation sites (tertiary alicyclic amines) is 1. The topological polar surface area (TPSA) is 75.7 Å². The number of carbonyl (C=O) groups excluding carboxylic acids is 3. The van der Waals surface area contributed by atoms with E-state index in [4.69, 9.17) is 4.74 Å². The van der Waals surface area contributed by atoms with Gasteiger partial charge < -0.3 is 4.74 Å². The number of hydrogen-bond donors (Lipinski definition) is 1. The first-order chi connectivity index (χ1) is 11.4. The third-order valence-corrected chi connectivity index (χ3v) is 5.33. The zero-order valence-electron chi connectivity index (χ0n) is 14.3. The first-order valence-electron chi connectivity index (χ1n) is 8.13. The first kappa shape index (κ1) is 16.6. The van der Waals surface area contributed by atoms with Crippen LogP contribution in [0.15, 0.2) is 24.3 Å². The van der Waals surface area contributed by atoms with Crippen LogP contribution in [0.1, 0.15) is 31.0 Å². The quantitative estimate of drug-likeness (QED) is 0.665. The fraction of sp³-hybridized carbons (Fsp3) is 0.500. The average molecular weight is 330 g/mol. The second-order valence-corrected chi connectivity index (χ2v) is 6.60. The van der Waals surface area contributed by atoms with Crippen LogP contribution in [0.25, 0.3) is 0 Å². The lowest BCUT2D eigenvalue weighted by Gasteiger charge is -2.28. The van der Waals surface area contributed by atoms with E-state index in [1.165, 1.54) is 12.0 Å². The molecule has 0 unspecified atom stereocenters. The summed E-state index contributed by atoms with van der Waals surface area (Å²) in [6, 6.07) is 7.31. The molecule has 2 amide bonds. The number of benzene rings is 1. The Morgan fingerprint density at radius 2 is 1.96 bits per heavy atom. The molecule has 2 aliphatic heterocycles. The Morgan fingerprint density at radius 1 is 1.29 bits per heavy atom. The van der Waals surface area contributed by atoms with Crippen LogP contribution in [0, 0.1) is 18.8 Å². The monoisotopic (exact) mass is 330 g/mol. The van der Waals surface area contributed by atoms with Crippen LogP contribution in [-0.4, -0.2) is 41.9 Å². The summed E-state index contributed by atoms with van der Waals surface area (Å²) >= 11 is 0. The molecule has 2 saturated heterocycles. The first-order valence-corrected chi connectivity index (χ1v) is 8.13. The molecule has 0 saturated carbocycles. The van der Waals surface area contributed by atoms with Crippen molar-refractivity contribution in [2.45, 2.75) is 32.4 Å². The van der Waals surface area contributed by atoms with Gasteiger partial charge in [-0.2, -0.15) is 0 Å². The fourth-order valence-corrected chi connectivity index (χ4v) is 4.11. The minimum absolute atomic E-state index is 0.221. The number of methoxy groups -OCH3 is 1. The molecule has 0 spiro atoms. The number of fused-ring (bicyclic) bond motifs is 1. The molecule has 2 aliphatic rings. The van der Waals surface area contributed by atoms with Crippen molar-refractivity contribution < 1.29 is 19.1 Å². The van der Waals surface area contributed by atoms with Crippen molar-refractivity contribution in [1.82, 2.24) is 10.2 Å². The SMILES string of the molecule is CCN1C(=O)[C@H]2[C@@H](C1=O)[C@@](C)(C(=O)OC)N[C@H]2c1ccccc1C. The summed E-state index contributed by atoms with van der Waals surface area (Å²) in [5, 5.41) is 3.24. The molecule has 3 rings (SSSR count). The molecule has 1 aromatic rings. The maximum absolute atomic E-state index is 12.8. The van der Waals surface area contributed by atoms with E-state index >= 15 is 0 Å². The van der Waals surface area contributed by atoms with Gasteiger partial charge in [0.1, 0.15) is 5.54 Å². The molecule has 1 aromatic carbocycles. The van der Waals surface area contributed by atoms with Gasteiger partial charge in [0, 0.05) is 12.6 Å². The number of carbonyl (C=O) groups is 3. The highest BCUT2D eigenvalue weighted by Crippen LogP contribution is 2.49. The lowest BCUT2D eigenvalue weighted by atomic mass is 9.80. The van der Waals surface area contributed by atoms with Crippen LogP contribution in [0.5, 0.6) is 0 Å².